The number of fused-ring (bicyclic) bond motifs is 4. The van der Waals surface area contributed by atoms with Crippen LogP contribution >= 0.6 is 27.5 Å². The Kier molecular flexibility index (Phi) is 25.8. The summed E-state index contributed by atoms with van der Waals surface area (Å²) in [6.07, 6.45) is 3.80. The molecule has 132 heavy (non-hydrogen) atoms. The zero-order chi connectivity index (χ0) is 91.8. The van der Waals surface area contributed by atoms with E-state index < -0.39 is 0 Å². The second-order valence-electron chi connectivity index (χ2n) is 31.8. The molecule has 0 radical (unpaired) electrons. The number of hydrogen-bond donors (Lipinski definition) is 0. The first kappa shape index (κ1) is 87.8. The van der Waals surface area contributed by atoms with Crippen molar-refractivity contribution in [2.45, 2.75) is 88.0 Å². The molecule has 0 unspecified atom stereocenters. The molecule has 20 rings (SSSR count). The van der Waals surface area contributed by atoms with Gasteiger partial charge in [0.05, 0.1) is 94.6 Å². The Morgan fingerprint density at radius 3 is 0.811 bits per heavy atom. The monoisotopic (exact) mass is 1800 g/mol. The van der Waals surface area contributed by atoms with E-state index in [2.05, 4.69) is 143 Å². The maximum atomic E-state index is 15.1. The summed E-state index contributed by atoms with van der Waals surface area (Å²) in [5, 5.41) is 23.2. The molecule has 8 heterocycles. The highest BCUT2D eigenvalue weighted by atomic mass is 79.9. The van der Waals surface area contributed by atoms with Crippen LogP contribution in [0, 0.1) is 66.7 Å². The molecule has 0 fully saturated rings. The van der Waals surface area contributed by atoms with Crippen molar-refractivity contribution in [3.63, 3.8) is 0 Å². The Labute approximate surface area is 779 Å². The minimum absolute atomic E-state index is 0.326. The van der Waals surface area contributed by atoms with Crippen LogP contribution in [0.3, 0.4) is 0 Å². The van der Waals surface area contributed by atoms with Gasteiger partial charge < -0.3 is 0 Å². The lowest BCUT2D eigenvalue weighted by atomic mass is 9.93. The summed E-state index contributed by atoms with van der Waals surface area (Å²) in [6, 6.07) is 103. The summed E-state index contributed by atoms with van der Waals surface area (Å²) in [5.74, 6) is -0.381. The molecule has 0 aliphatic heterocycles. The molecule has 12 aromatic carbocycles. The second-order valence-corrected chi connectivity index (χ2v) is 33.0. The van der Waals surface area contributed by atoms with Gasteiger partial charge in [-0.05, 0) is 194 Å². The van der Waals surface area contributed by atoms with E-state index in [1.807, 2.05) is 260 Å². The van der Waals surface area contributed by atoms with E-state index >= 15 is 4.39 Å². The molecule has 640 valence electrons. The third kappa shape index (κ3) is 17.0. The van der Waals surface area contributed by atoms with Crippen molar-refractivity contribution in [2.24, 2.45) is 0 Å². The van der Waals surface area contributed by atoms with E-state index in [-0.39, 0.29) is 5.82 Å². The molecular formula is C113H87BrClFN16. The van der Waals surface area contributed by atoms with Crippen molar-refractivity contribution in [3.05, 3.63) is 427 Å². The van der Waals surface area contributed by atoms with E-state index in [4.69, 9.17) is 78.2 Å². The molecule has 0 atom stereocenters. The van der Waals surface area contributed by atoms with Crippen molar-refractivity contribution < 1.29 is 4.39 Å². The molecular weight excluding hydrogens is 1720 g/mol. The van der Waals surface area contributed by atoms with Gasteiger partial charge in [-0.1, -0.05) is 304 Å². The van der Waals surface area contributed by atoms with Crippen LogP contribution in [0.15, 0.2) is 320 Å². The fourth-order valence-corrected chi connectivity index (χ4v) is 17.7. The summed E-state index contributed by atoms with van der Waals surface area (Å²) in [5.41, 5.74) is 29.9. The first-order chi connectivity index (χ1) is 64.5. The van der Waals surface area contributed by atoms with Crippen molar-refractivity contribution in [3.8, 4) is 112 Å². The van der Waals surface area contributed by atoms with Crippen LogP contribution in [0.2, 0.25) is 5.02 Å². The predicted octanol–water partition coefficient (Wildman–Crippen LogP) is 30.6. The van der Waals surface area contributed by atoms with Crippen molar-refractivity contribution in [1.29, 1.82) is 0 Å². The number of pyridine rings is 4. The minimum Gasteiger partial charge on any atom is -0.240 e. The van der Waals surface area contributed by atoms with Gasteiger partial charge in [0.1, 0.15) is 5.82 Å². The van der Waals surface area contributed by atoms with E-state index in [1.54, 1.807) is 22.9 Å². The zero-order valence-electron chi connectivity index (χ0n) is 74.1. The van der Waals surface area contributed by atoms with Gasteiger partial charge >= 0.3 is 0 Å². The molecule has 0 saturated carbocycles. The fourth-order valence-electron chi connectivity index (χ4n) is 17.0. The molecule has 0 spiro atoms. The molecule has 8 aromatic heterocycles. The van der Waals surface area contributed by atoms with E-state index in [0.29, 0.717) is 84.0 Å². The highest BCUT2D eigenvalue weighted by molar-refractivity contribution is 9.10. The normalized spacial score (nSPS) is 11.0. The molecule has 20 aromatic rings. The van der Waals surface area contributed by atoms with Gasteiger partial charge in [0, 0.05) is 58.9 Å². The van der Waals surface area contributed by atoms with E-state index in [0.717, 1.165) is 159 Å². The van der Waals surface area contributed by atoms with Gasteiger partial charge in [-0.25, -0.2) is 62.4 Å². The Bertz CT molecular complexity index is 6980. The minimum atomic E-state index is -0.381. The van der Waals surface area contributed by atoms with E-state index in [9.17, 15) is 0 Å². The van der Waals surface area contributed by atoms with Gasteiger partial charge in [-0.15, -0.1) is 0 Å². The van der Waals surface area contributed by atoms with Gasteiger partial charge in [-0.2, -0.15) is 20.4 Å². The van der Waals surface area contributed by atoms with Crippen molar-refractivity contribution in [2.75, 3.05) is 0 Å². The first-order valence-electron chi connectivity index (χ1n) is 43.6. The lowest BCUT2D eigenvalue weighted by molar-refractivity contribution is 0.631. The maximum Gasteiger partial charge on any atom is 0.221 e. The summed E-state index contributed by atoms with van der Waals surface area (Å²) in [7, 11) is 0. The van der Waals surface area contributed by atoms with Crippen LogP contribution in [0.5, 0.6) is 0 Å². The number of aromatic nitrogens is 12. The molecule has 0 amide bonds. The number of para-hydroxylation sites is 4. The van der Waals surface area contributed by atoms with Crippen LogP contribution in [-0.4, -0.2) is 59.1 Å². The van der Waals surface area contributed by atoms with Crippen LogP contribution in [0.1, 0.15) is 78.3 Å². The number of rotatable bonds is 16. The molecule has 16 nitrogen and oxygen atoms in total. The Morgan fingerprint density at radius 2 is 0.530 bits per heavy atom. The number of aryl methyl sites for hydroxylation is 9. The topological polar surface area (TPSA) is 140 Å². The Balaban J connectivity index is 0.000000123. The number of nitrogens with zero attached hydrogens (tertiary/aromatic N) is 16. The largest absolute Gasteiger partial charge is 0.240 e. The standard InChI is InChI=1S/C29H24N4.C28H21BrN4.C28H21ClN4.C28H21FN4/c1-5-21-15-17-22(18-16-21)27-28(30-4)26(24-14-10-9-11-19(24)2)25-20(3)32-33(29(25)31-27)23-12-7-6-8-13-23;3*1-4-19-14-16-20(17-15-19)26-27(30-3)25(22-12-8-9-13-23(22)29)24-18(2)32-33(28(24)31-26)21-10-6-5-7-11-21/h6-18H,5H2,1-3H3;3*5-17H,4H2,1-2H3. The fraction of sp³-hybridized carbons (Fsp3) is 0.115. The van der Waals surface area contributed by atoms with Crippen LogP contribution in [0.4, 0.5) is 27.1 Å². The van der Waals surface area contributed by atoms with Gasteiger partial charge in [-0.3, -0.25) is 0 Å². The molecule has 0 aliphatic rings. The average molecular weight is 1800 g/mol. The Morgan fingerprint density at radius 1 is 0.288 bits per heavy atom. The maximum absolute atomic E-state index is 15.1. The van der Waals surface area contributed by atoms with Gasteiger partial charge in [0.25, 0.3) is 0 Å². The molecule has 0 N–H and O–H groups in total. The summed E-state index contributed by atoms with van der Waals surface area (Å²) >= 11 is 10.4. The molecule has 0 saturated heterocycles. The third-order valence-corrected chi connectivity index (χ3v) is 24.7. The summed E-state index contributed by atoms with van der Waals surface area (Å²) in [6.45, 7) is 50.8. The highest BCUT2D eigenvalue weighted by Gasteiger charge is 2.31. The first-order valence-corrected chi connectivity index (χ1v) is 44.8. The number of benzene rings is 12. The average Bonchev–Trinajstić information content (AvgIpc) is 1.52. The van der Waals surface area contributed by atoms with Crippen LogP contribution in [-0.2, 0) is 25.7 Å². The molecule has 19 heteroatoms. The van der Waals surface area contributed by atoms with Gasteiger partial charge in [0.2, 0.25) is 22.7 Å². The van der Waals surface area contributed by atoms with Crippen molar-refractivity contribution in [1.82, 2.24) is 59.1 Å². The lowest BCUT2D eigenvalue weighted by Crippen LogP contribution is -1.99. The summed E-state index contributed by atoms with van der Waals surface area (Å²) < 4.78 is 23.4. The van der Waals surface area contributed by atoms with Crippen LogP contribution < -0.4 is 0 Å². The SMILES string of the molecule is [C-]#[N+]c1c(-c2ccc(CC)cc2)nc2c(c(C)nn2-c2ccccc2)c1-c1ccccc1Br.[C-]#[N+]c1c(-c2ccc(CC)cc2)nc2c(c(C)nn2-c2ccccc2)c1-c1ccccc1C.[C-]#[N+]c1c(-c2ccc(CC)cc2)nc2c(c(C)nn2-c2ccccc2)c1-c1ccccc1Cl.[C-]#[N+]c1c(-c2ccc(CC)cc2)nc2c(c(C)nn2-c2ccccc2)c1-c1ccccc1F. The van der Waals surface area contributed by atoms with Gasteiger partial charge in [0.15, 0.2) is 22.6 Å². The second kappa shape index (κ2) is 38.8. The van der Waals surface area contributed by atoms with Crippen molar-refractivity contribution >= 4 is 94.4 Å². The van der Waals surface area contributed by atoms with E-state index in [1.165, 1.54) is 28.3 Å². The zero-order valence-corrected chi connectivity index (χ0v) is 76.5. The summed E-state index contributed by atoms with van der Waals surface area (Å²) in [4.78, 5) is 36.0. The Hall–Kier alpha value is -16.2. The van der Waals surface area contributed by atoms with Crippen LogP contribution in [0.25, 0.3) is 176 Å². The highest BCUT2D eigenvalue weighted by Crippen LogP contribution is 2.51. The lowest BCUT2D eigenvalue weighted by Gasteiger charge is -2.15. The number of halogens is 3. The quantitative estimate of drug-likeness (QED) is 0.0871. The smallest absolute Gasteiger partial charge is 0.221 e. The predicted molar refractivity (Wildman–Crippen MR) is 538 cm³/mol. The third-order valence-electron chi connectivity index (χ3n) is 23.7. The number of hydrogen-bond acceptors (Lipinski definition) is 8. The molecule has 0 aliphatic carbocycles. The molecule has 0 bridgehead atoms.